The Bertz CT molecular complexity index is 798. The molecule has 0 atom stereocenters. The number of fused-ring (bicyclic) bond motifs is 1. The minimum Gasteiger partial charge on any atom is -0.507 e. The fraction of sp³-hybridized carbons (Fsp3) is 0.118. The van der Waals surface area contributed by atoms with Gasteiger partial charge in [0.15, 0.2) is 17.3 Å². The summed E-state index contributed by atoms with van der Waals surface area (Å²) >= 11 is 1.47. The van der Waals surface area contributed by atoms with Crippen molar-refractivity contribution in [1.82, 2.24) is 0 Å². The molecule has 0 spiro atoms. The van der Waals surface area contributed by atoms with Gasteiger partial charge in [-0.2, -0.15) is 0 Å². The number of allylic oxidation sites excluding steroid dienone is 1. The van der Waals surface area contributed by atoms with Crippen LogP contribution in [0.15, 0.2) is 41.3 Å². The normalized spacial score (nSPS) is 12.9. The summed E-state index contributed by atoms with van der Waals surface area (Å²) in [6.45, 7) is 0. The van der Waals surface area contributed by atoms with Crippen LogP contribution in [0.2, 0.25) is 0 Å². The Labute approximate surface area is 137 Å². The minimum atomic E-state index is -0.346. The number of rotatable bonds is 4. The molecule has 6 heteroatoms. The van der Waals surface area contributed by atoms with Crippen LogP contribution in [-0.2, 0) is 0 Å². The summed E-state index contributed by atoms with van der Waals surface area (Å²) in [6.07, 6.45) is 2.90. The molecule has 3 rings (SSSR count). The number of methoxy groups -OCH3 is 1. The van der Waals surface area contributed by atoms with Crippen LogP contribution in [0, 0.1) is 0 Å². The monoisotopic (exact) mass is 330 g/mol. The van der Waals surface area contributed by atoms with Crippen LogP contribution in [0.25, 0.3) is 6.08 Å². The van der Waals surface area contributed by atoms with Crippen LogP contribution < -0.4 is 9.47 Å². The lowest BCUT2D eigenvalue weighted by atomic mass is 10.1. The molecule has 1 aliphatic heterocycles. The van der Waals surface area contributed by atoms with Crippen molar-refractivity contribution >= 4 is 23.6 Å². The first kappa shape index (κ1) is 15.3. The highest BCUT2D eigenvalue weighted by Crippen LogP contribution is 2.40. The van der Waals surface area contributed by atoms with Gasteiger partial charge in [-0.1, -0.05) is 23.9 Å². The number of phenols is 2. The largest absolute Gasteiger partial charge is 0.507 e. The zero-order chi connectivity index (χ0) is 16.4. The van der Waals surface area contributed by atoms with Gasteiger partial charge in [-0.3, -0.25) is 4.79 Å². The summed E-state index contributed by atoms with van der Waals surface area (Å²) < 4.78 is 10.3. The molecule has 0 radical (unpaired) electrons. The zero-order valence-corrected chi connectivity index (χ0v) is 13.1. The molecule has 2 aromatic carbocycles. The highest BCUT2D eigenvalue weighted by Gasteiger charge is 2.19. The molecule has 0 aliphatic carbocycles. The van der Waals surface area contributed by atoms with E-state index in [4.69, 9.17) is 9.47 Å². The average molecular weight is 330 g/mol. The first-order valence-electron chi connectivity index (χ1n) is 6.80. The highest BCUT2D eigenvalue weighted by atomic mass is 32.2. The number of carbonyl (C=O) groups excluding carboxylic acids is 1. The molecule has 5 nitrogen and oxygen atoms in total. The number of aromatic hydroxyl groups is 2. The Kier molecular flexibility index (Phi) is 4.16. The third kappa shape index (κ3) is 3.12. The molecule has 0 saturated heterocycles. The second-order valence-corrected chi connectivity index (χ2v) is 5.82. The maximum Gasteiger partial charge on any atom is 0.189 e. The van der Waals surface area contributed by atoms with Crippen molar-refractivity contribution in [3.8, 4) is 23.0 Å². The molecule has 0 aromatic heterocycles. The van der Waals surface area contributed by atoms with Gasteiger partial charge in [0, 0.05) is 0 Å². The van der Waals surface area contributed by atoms with Crippen LogP contribution in [-0.4, -0.2) is 29.0 Å². The van der Waals surface area contributed by atoms with Crippen LogP contribution in [0.3, 0.4) is 0 Å². The Morgan fingerprint density at radius 1 is 1.26 bits per heavy atom. The Hall–Kier alpha value is -2.60. The Balaban J connectivity index is 1.83. The SMILES string of the molecule is COc1ccc(/C=C/C(=O)c2cc3c(cc2O)SCO3)cc1O. The molecule has 0 amide bonds. The molecule has 0 unspecified atom stereocenters. The van der Waals surface area contributed by atoms with Gasteiger partial charge in [0.1, 0.15) is 17.4 Å². The third-order valence-corrected chi connectivity index (χ3v) is 4.25. The lowest BCUT2D eigenvalue weighted by Gasteiger charge is -2.05. The molecule has 1 heterocycles. The van der Waals surface area contributed by atoms with Gasteiger partial charge in [0.2, 0.25) is 0 Å². The van der Waals surface area contributed by atoms with Gasteiger partial charge in [0.05, 0.1) is 17.6 Å². The topological polar surface area (TPSA) is 76.0 Å². The summed E-state index contributed by atoms with van der Waals surface area (Å²) in [5.41, 5.74) is 0.823. The fourth-order valence-corrected chi connectivity index (χ4v) is 2.97. The number of ether oxygens (including phenoxy) is 2. The lowest BCUT2D eigenvalue weighted by Crippen LogP contribution is -1.96. The number of thioether (sulfide) groups is 1. The minimum absolute atomic E-state index is 0.00657. The maximum absolute atomic E-state index is 12.3. The average Bonchev–Trinajstić information content (AvgIpc) is 2.99. The van der Waals surface area contributed by atoms with Crippen LogP contribution in [0.5, 0.6) is 23.0 Å². The van der Waals surface area contributed by atoms with Gasteiger partial charge in [0.25, 0.3) is 0 Å². The molecule has 0 saturated carbocycles. The standard InChI is InChI=1S/C17H14O5S/c1-21-15-5-3-10(6-14(15)20)2-4-12(18)11-7-16-17(8-13(11)19)23-9-22-16/h2-8,19-20H,9H2,1H3/b4-2+. The smallest absolute Gasteiger partial charge is 0.189 e. The van der Waals surface area contributed by atoms with Crippen molar-refractivity contribution in [3.63, 3.8) is 0 Å². The van der Waals surface area contributed by atoms with Crippen molar-refractivity contribution in [2.75, 3.05) is 13.0 Å². The molecule has 0 bridgehead atoms. The summed E-state index contributed by atoms with van der Waals surface area (Å²) in [5, 5.41) is 19.7. The van der Waals surface area contributed by atoms with Gasteiger partial charge in [-0.25, -0.2) is 0 Å². The van der Waals surface area contributed by atoms with E-state index in [1.54, 1.807) is 24.3 Å². The van der Waals surface area contributed by atoms with E-state index >= 15 is 0 Å². The van der Waals surface area contributed by atoms with Crippen molar-refractivity contribution in [1.29, 1.82) is 0 Å². The molecule has 23 heavy (non-hydrogen) atoms. The van der Waals surface area contributed by atoms with Crippen LogP contribution in [0.4, 0.5) is 0 Å². The predicted octanol–water partition coefficient (Wildman–Crippen LogP) is 3.44. The molecule has 0 fully saturated rings. The quantitative estimate of drug-likeness (QED) is 0.660. The molecular weight excluding hydrogens is 316 g/mol. The van der Waals surface area contributed by atoms with Crippen LogP contribution in [0.1, 0.15) is 15.9 Å². The fourth-order valence-electron chi connectivity index (χ4n) is 2.20. The zero-order valence-electron chi connectivity index (χ0n) is 12.3. The number of hydrogen-bond acceptors (Lipinski definition) is 6. The number of carbonyl (C=O) groups is 1. The predicted molar refractivity (Wildman–Crippen MR) is 87.5 cm³/mol. The van der Waals surface area contributed by atoms with E-state index in [1.165, 1.54) is 37.1 Å². The summed E-state index contributed by atoms with van der Waals surface area (Å²) in [7, 11) is 1.46. The second-order valence-electron chi connectivity index (χ2n) is 4.85. The van der Waals surface area contributed by atoms with Gasteiger partial charge >= 0.3 is 0 Å². The van der Waals surface area contributed by atoms with E-state index < -0.39 is 0 Å². The van der Waals surface area contributed by atoms with Crippen molar-refractivity contribution in [3.05, 3.63) is 47.5 Å². The third-order valence-electron chi connectivity index (χ3n) is 3.39. The number of ketones is 1. The van der Waals surface area contributed by atoms with Gasteiger partial charge < -0.3 is 19.7 Å². The summed E-state index contributed by atoms with van der Waals surface area (Å²) in [4.78, 5) is 13.1. The summed E-state index contributed by atoms with van der Waals surface area (Å²) in [5.74, 6) is 1.02. The first-order valence-corrected chi connectivity index (χ1v) is 7.79. The highest BCUT2D eigenvalue weighted by molar-refractivity contribution is 7.99. The number of benzene rings is 2. The van der Waals surface area contributed by atoms with Crippen molar-refractivity contribution in [2.45, 2.75) is 4.90 Å². The van der Waals surface area contributed by atoms with E-state index in [9.17, 15) is 15.0 Å². The molecule has 1 aliphatic rings. The lowest BCUT2D eigenvalue weighted by molar-refractivity contribution is 0.104. The van der Waals surface area contributed by atoms with E-state index in [2.05, 4.69) is 0 Å². The molecule has 2 aromatic rings. The summed E-state index contributed by atoms with van der Waals surface area (Å²) in [6, 6.07) is 7.89. The molecule has 2 N–H and O–H groups in total. The van der Waals surface area contributed by atoms with E-state index in [0.29, 0.717) is 23.0 Å². The maximum atomic E-state index is 12.3. The molecule has 118 valence electrons. The van der Waals surface area contributed by atoms with Gasteiger partial charge in [-0.05, 0) is 35.9 Å². The Morgan fingerprint density at radius 2 is 2.09 bits per heavy atom. The second kappa shape index (κ2) is 6.26. The van der Waals surface area contributed by atoms with Gasteiger partial charge in [-0.15, -0.1) is 0 Å². The van der Waals surface area contributed by atoms with Crippen molar-refractivity contribution < 1.29 is 24.5 Å². The van der Waals surface area contributed by atoms with Crippen LogP contribution >= 0.6 is 11.8 Å². The van der Waals surface area contributed by atoms with E-state index in [-0.39, 0.29) is 22.8 Å². The first-order chi connectivity index (χ1) is 11.1. The van der Waals surface area contributed by atoms with E-state index in [1.807, 2.05) is 0 Å². The Morgan fingerprint density at radius 3 is 2.83 bits per heavy atom. The van der Waals surface area contributed by atoms with E-state index in [0.717, 1.165) is 4.90 Å². The molecular formula is C17H14O5S. The number of hydrogen-bond donors (Lipinski definition) is 2. The number of phenolic OH excluding ortho intramolecular Hbond substituents is 2. The van der Waals surface area contributed by atoms with Crippen molar-refractivity contribution in [2.24, 2.45) is 0 Å².